The Labute approximate surface area is 142 Å². The second-order valence-electron chi connectivity index (χ2n) is 5.99. The Morgan fingerprint density at radius 2 is 2.04 bits per heavy atom. The number of rotatable bonds is 7. The molecule has 0 saturated heterocycles. The Kier molecular flexibility index (Phi) is 5.55. The SMILES string of the molecule is Cc1oc(CNC(=O)c2cnn(CC(C)C)c2C(F)F)cc1C(=O)O. The Bertz CT molecular complexity index is 780. The molecule has 2 heterocycles. The van der Waals surface area contributed by atoms with E-state index in [1.165, 1.54) is 13.0 Å². The first-order valence-electron chi connectivity index (χ1n) is 7.65. The number of alkyl halides is 2. The number of hydrogen-bond donors (Lipinski definition) is 2. The van der Waals surface area contributed by atoms with Gasteiger partial charge in [-0.15, -0.1) is 0 Å². The van der Waals surface area contributed by atoms with Crippen LogP contribution in [0, 0.1) is 12.8 Å². The lowest BCUT2D eigenvalue weighted by molar-refractivity contribution is 0.0694. The molecule has 2 N–H and O–H groups in total. The van der Waals surface area contributed by atoms with Gasteiger partial charge in [-0.2, -0.15) is 5.10 Å². The van der Waals surface area contributed by atoms with Gasteiger partial charge in [-0.25, -0.2) is 13.6 Å². The maximum atomic E-state index is 13.3. The summed E-state index contributed by atoms with van der Waals surface area (Å²) in [6, 6.07) is 1.29. The number of carboxylic acid groups (broad SMARTS) is 1. The molecule has 1 amide bonds. The van der Waals surface area contributed by atoms with Crippen molar-refractivity contribution in [1.82, 2.24) is 15.1 Å². The van der Waals surface area contributed by atoms with E-state index in [9.17, 15) is 18.4 Å². The highest BCUT2D eigenvalue weighted by atomic mass is 19.3. The van der Waals surface area contributed by atoms with Crippen LogP contribution in [0.25, 0.3) is 0 Å². The van der Waals surface area contributed by atoms with Gasteiger partial charge in [0.05, 0.1) is 18.3 Å². The van der Waals surface area contributed by atoms with Gasteiger partial charge in [0.15, 0.2) is 0 Å². The van der Waals surface area contributed by atoms with Crippen LogP contribution in [0.4, 0.5) is 8.78 Å². The third kappa shape index (κ3) is 4.23. The summed E-state index contributed by atoms with van der Waals surface area (Å²) in [4.78, 5) is 23.2. The van der Waals surface area contributed by atoms with E-state index in [1.54, 1.807) is 0 Å². The van der Waals surface area contributed by atoms with Crippen LogP contribution in [0.5, 0.6) is 0 Å². The van der Waals surface area contributed by atoms with Gasteiger partial charge in [0.25, 0.3) is 12.3 Å². The van der Waals surface area contributed by atoms with E-state index >= 15 is 0 Å². The third-order valence-electron chi connectivity index (χ3n) is 3.49. The molecule has 0 unspecified atom stereocenters. The first-order valence-corrected chi connectivity index (χ1v) is 7.65. The van der Waals surface area contributed by atoms with Crippen LogP contribution in [0.2, 0.25) is 0 Å². The molecule has 136 valence electrons. The Morgan fingerprint density at radius 1 is 1.36 bits per heavy atom. The lowest BCUT2D eigenvalue weighted by Gasteiger charge is -2.10. The van der Waals surface area contributed by atoms with Gasteiger partial charge in [0.2, 0.25) is 0 Å². The summed E-state index contributed by atoms with van der Waals surface area (Å²) in [5, 5.41) is 15.3. The Morgan fingerprint density at radius 3 is 2.56 bits per heavy atom. The summed E-state index contributed by atoms with van der Waals surface area (Å²) in [5.74, 6) is -1.36. The lowest BCUT2D eigenvalue weighted by Crippen LogP contribution is -2.24. The number of halogens is 2. The largest absolute Gasteiger partial charge is 0.478 e. The predicted octanol–water partition coefficient (Wildman–Crippen LogP) is 3.01. The highest BCUT2D eigenvalue weighted by Crippen LogP contribution is 2.24. The van der Waals surface area contributed by atoms with E-state index in [0.29, 0.717) is 0 Å². The summed E-state index contributed by atoms with van der Waals surface area (Å²) in [6.07, 6.45) is -1.73. The van der Waals surface area contributed by atoms with Crippen LogP contribution in [0.15, 0.2) is 16.7 Å². The number of amides is 1. The number of furan rings is 1. The average molecular weight is 355 g/mol. The van der Waals surface area contributed by atoms with Crippen molar-refractivity contribution >= 4 is 11.9 Å². The maximum Gasteiger partial charge on any atom is 0.339 e. The molecule has 0 spiro atoms. The molecule has 0 aliphatic carbocycles. The number of nitrogens with one attached hydrogen (secondary N) is 1. The lowest BCUT2D eigenvalue weighted by atomic mass is 10.2. The van der Waals surface area contributed by atoms with Gasteiger partial charge in [-0.1, -0.05) is 13.8 Å². The fourth-order valence-electron chi connectivity index (χ4n) is 2.40. The van der Waals surface area contributed by atoms with E-state index < -0.39 is 24.0 Å². The molecule has 0 radical (unpaired) electrons. The second kappa shape index (κ2) is 7.45. The number of hydrogen-bond acceptors (Lipinski definition) is 4. The van der Waals surface area contributed by atoms with Crippen LogP contribution in [-0.4, -0.2) is 26.8 Å². The number of carboxylic acids is 1. The molecule has 0 bridgehead atoms. The van der Waals surface area contributed by atoms with Crippen molar-refractivity contribution in [3.05, 3.63) is 40.6 Å². The monoisotopic (exact) mass is 355 g/mol. The topological polar surface area (TPSA) is 97.4 Å². The van der Waals surface area contributed by atoms with Crippen molar-refractivity contribution in [2.75, 3.05) is 0 Å². The number of carbonyl (C=O) groups excluding carboxylic acids is 1. The summed E-state index contributed by atoms with van der Waals surface area (Å²) < 4.78 is 33.0. The molecule has 2 aromatic heterocycles. The van der Waals surface area contributed by atoms with Crippen LogP contribution < -0.4 is 5.32 Å². The number of aromatic nitrogens is 2. The van der Waals surface area contributed by atoms with Gasteiger partial charge in [-0.05, 0) is 18.9 Å². The molecule has 2 aromatic rings. The average Bonchev–Trinajstić information content (AvgIpc) is 3.07. The van der Waals surface area contributed by atoms with E-state index in [-0.39, 0.29) is 41.7 Å². The van der Waals surface area contributed by atoms with Crippen molar-refractivity contribution in [2.24, 2.45) is 5.92 Å². The third-order valence-corrected chi connectivity index (χ3v) is 3.49. The zero-order valence-corrected chi connectivity index (χ0v) is 14.0. The number of aryl methyl sites for hydroxylation is 1. The summed E-state index contributed by atoms with van der Waals surface area (Å²) in [5.41, 5.74) is -0.660. The fraction of sp³-hybridized carbons (Fsp3) is 0.438. The molecule has 0 aromatic carbocycles. The molecule has 0 atom stereocenters. The molecule has 9 heteroatoms. The van der Waals surface area contributed by atoms with Gasteiger partial charge < -0.3 is 14.8 Å². The van der Waals surface area contributed by atoms with Crippen molar-refractivity contribution in [2.45, 2.75) is 40.3 Å². The highest BCUT2D eigenvalue weighted by molar-refractivity contribution is 5.95. The molecule has 0 fully saturated rings. The van der Waals surface area contributed by atoms with Gasteiger partial charge >= 0.3 is 5.97 Å². The molecule has 2 rings (SSSR count). The van der Waals surface area contributed by atoms with E-state index in [2.05, 4.69) is 10.4 Å². The highest BCUT2D eigenvalue weighted by Gasteiger charge is 2.25. The minimum Gasteiger partial charge on any atom is -0.478 e. The minimum absolute atomic E-state index is 0.0118. The van der Waals surface area contributed by atoms with Crippen LogP contribution in [0.1, 0.15) is 58.2 Å². The van der Waals surface area contributed by atoms with Gasteiger partial charge in [0.1, 0.15) is 22.8 Å². The minimum atomic E-state index is -2.84. The molecule has 0 aliphatic heterocycles. The molecular weight excluding hydrogens is 336 g/mol. The normalized spacial score (nSPS) is 11.3. The van der Waals surface area contributed by atoms with Crippen LogP contribution >= 0.6 is 0 Å². The van der Waals surface area contributed by atoms with Crippen molar-refractivity contribution in [3.63, 3.8) is 0 Å². The van der Waals surface area contributed by atoms with E-state index in [4.69, 9.17) is 9.52 Å². The molecule has 0 aliphatic rings. The number of aromatic carboxylic acids is 1. The van der Waals surface area contributed by atoms with Gasteiger partial charge in [0, 0.05) is 6.54 Å². The number of nitrogens with zero attached hydrogens (tertiary/aromatic N) is 2. The quantitative estimate of drug-likeness (QED) is 0.796. The predicted molar refractivity (Wildman–Crippen MR) is 83.6 cm³/mol. The van der Waals surface area contributed by atoms with E-state index in [0.717, 1.165) is 10.9 Å². The van der Waals surface area contributed by atoms with E-state index in [1.807, 2.05) is 13.8 Å². The van der Waals surface area contributed by atoms with Crippen molar-refractivity contribution < 1.29 is 27.9 Å². The molecule has 25 heavy (non-hydrogen) atoms. The zero-order chi connectivity index (χ0) is 18.7. The molecule has 0 saturated carbocycles. The fourth-order valence-corrected chi connectivity index (χ4v) is 2.40. The van der Waals surface area contributed by atoms with Crippen molar-refractivity contribution in [3.8, 4) is 0 Å². The number of carbonyl (C=O) groups is 2. The van der Waals surface area contributed by atoms with Gasteiger partial charge in [-0.3, -0.25) is 9.48 Å². The second-order valence-corrected chi connectivity index (χ2v) is 5.99. The van der Waals surface area contributed by atoms with Crippen molar-refractivity contribution in [1.29, 1.82) is 0 Å². The van der Waals surface area contributed by atoms with Crippen LogP contribution in [0.3, 0.4) is 0 Å². The first kappa shape index (κ1) is 18.6. The first-order chi connectivity index (χ1) is 11.7. The Balaban J connectivity index is 2.14. The zero-order valence-electron chi connectivity index (χ0n) is 14.0. The Hall–Kier alpha value is -2.71. The smallest absolute Gasteiger partial charge is 0.339 e. The molecule has 7 nitrogen and oxygen atoms in total. The van der Waals surface area contributed by atoms with Crippen LogP contribution in [-0.2, 0) is 13.1 Å². The standard InChI is InChI=1S/C16H19F2N3O4/c1-8(2)7-21-13(14(17)18)12(6-20-21)15(22)19-5-10-4-11(16(23)24)9(3)25-10/h4,6,8,14H,5,7H2,1-3H3,(H,19,22)(H,23,24). The maximum absolute atomic E-state index is 13.3. The summed E-state index contributed by atoms with van der Waals surface area (Å²) >= 11 is 0. The summed E-state index contributed by atoms with van der Waals surface area (Å²) in [7, 11) is 0. The summed E-state index contributed by atoms with van der Waals surface area (Å²) in [6.45, 7) is 5.35. The molecular formula is C16H19F2N3O4.